The van der Waals surface area contributed by atoms with Crippen molar-refractivity contribution in [3.8, 4) is 0 Å². The summed E-state index contributed by atoms with van der Waals surface area (Å²) in [5.74, 6) is 0.230. The Morgan fingerprint density at radius 2 is 2.20 bits per heavy atom. The predicted octanol–water partition coefficient (Wildman–Crippen LogP) is 0.0827. The van der Waals surface area contributed by atoms with Gasteiger partial charge in [-0.05, 0) is 13.3 Å². The summed E-state index contributed by atoms with van der Waals surface area (Å²) >= 11 is 0. The highest BCUT2D eigenvalue weighted by Gasteiger charge is 2.25. The van der Waals surface area contributed by atoms with E-state index in [1.807, 2.05) is 4.90 Å². The quantitative estimate of drug-likeness (QED) is 0.578. The first-order chi connectivity index (χ1) is 4.49. The summed E-state index contributed by atoms with van der Waals surface area (Å²) in [5.41, 5.74) is 0. The molecule has 0 aromatic carbocycles. The lowest BCUT2D eigenvalue weighted by Gasteiger charge is -2.37. The van der Waals surface area contributed by atoms with Crippen LogP contribution in [0.2, 0.25) is 0 Å². The number of hydrogen-bond acceptors (Lipinski definition) is 3. The smallest absolute Gasteiger partial charge is 0.160 e. The van der Waals surface area contributed by atoms with Gasteiger partial charge in [0, 0.05) is 18.8 Å². The molecule has 0 N–H and O–H groups in total. The molecule has 0 radical (unpaired) electrons. The predicted molar refractivity (Wildman–Crippen MR) is 40.5 cm³/mol. The number of nitrogens with zero attached hydrogens (tertiary/aromatic N) is 1. The molecule has 3 nitrogen and oxygen atoms in total. The van der Waals surface area contributed by atoms with Gasteiger partial charge in [0.05, 0.1) is 0 Å². The van der Waals surface area contributed by atoms with Crippen LogP contribution in [0, 0.1) is 0 Å². The molecule has 1 atom stereocenters. The van der Waals surface area contributed by atoms with Crippen molar-refractivity contribution >= 4 is 9.84 Å². The first-order valence-electron chi connectivity index (χ1n) is 3.41. The summed E-state index contributed by atoms with van der Waals surface area (Å²) in [6.07, 6.45) is 2.41. The number of rotatable bonds is 2. The maximum absolute atomic E-state index is 10.7. The molecule has 1 saturated heterocycles. The lowest BCUT2D eigenvalue weighted by Crippen LogP contribution is -2.47. The van der Waals surface area contributed by atoms with Crippen LogP contribution in [0.3, 0.4) is 0 Å². The molecule has 0 aromatic rings. The molecule has 1 aliphatic rings. The highest BCUT2D eigenvalue weighted by atomic mass is 32.2. The van der Waals surface area contributed by atoms with E-state index in [4.69, 9.17) is 0 Å². The maximum atomic E-state index is 10.7. The molecule has 1 unspecified atom stereocenters. The van der Waals surface area contributed by atoms with Crippen molar-refractivity contribution in [3.63, 3.8) is 0 Å². The minimum absolute atomic E-state index is 0.230. The van der Waals surface area contributed by atoms with Crippen LogP contribution in [0.5, 0.6) is 0 Å². The molecule has 1 fully saturated rings. The third kappa shape index (κ3) is 1.95. The van der Waals surface area contributed by atoms with Crippen molar-refractivity contribution in [1.29, 1.82) is 0 Å². The largest absolute Gasteiger partial charge is 0.287 e. The fourth-order valence-electron chi connectivity index (χ4n) is 1.06. The maximum Gasteiger partial charge on any atom is 0.160 e. The minimum atomic E-state index is -2.79. The fourth-order valence-corrected chi connectivity index (χ4v) is 2.05. The van der Waals surface area contributed by atoms with Crippen molar-refractivity contribution in [3.05, 3.63) is 0 Å². The molecule has 1 rings (SSSR count). The number of likely N-dealkylation sites (tertiary alicyclic amines) is 1. The molecule has 0 aromatic heterocycles. The van der Waals surface area contributed by atoms with E-state index < -0.39 is 9.84 Å². The van der Waals surface area contributed by atoms with Crippen LogP contribution < -0.4 is 0 Å². The molecule has 0 spiro atoms. The summed E-state index contributed by atoms with van der Waals surface area (Å²) < 4.78 is 21.5. The Labute approximate surface area is 61.9 Å². The second kappa shape index (κ2) is 2.51. The van der Waals surface area contributed by atoms with Crippen molar-refractivity contribution in [2.45, 2.75) is 19.4 Å². The normalized spacial score (nSPS) is 28.0. The SMILES string of the molecule is CC1CCN1CS(C)(=O)=O. The van der Waals surface area contributed by atoms with Crippen LogP contribution in [-0.4, -0.2) is 38.0 Å². The average Bonchev–Trinajstić information content (AvgIpc) is 1.78. The van der Waals surface area contributed by atoms with Crippen LogP contribution in [0.15, 0.2) is 0 Å². The molecule has 0 aliphatic carbocycles. The van der Waals surface area contributed by atoms with Crippen molar-refractivity contribution in [2.24, 2.45) is 0 Å². The van der Waals surface area contributed by atoms with Gasteiger partial charge in [-0.3, -0.25) is 4.90 Å². The van der Waals surface area contributed by atoms with E-state index in [1.165, 1.54) is 6.26 Å². The topological polar surface area (TPSA) is 37.4 Å². The first-order valence-corrected chi connectivity index (χ1v) is 5.47. The third-order valence-electron chi connectivity index (χ3n) is 1.86. The van der Waals surface area contributed by atoms with E-state index in [0.29, 0.717) is 6.04 Å². The zero-order valence-electron chi connectivity index (χ0n) is 6.37. The van der Waals surface area contributed by atoms with E-state index in [1.54, 1.807) is 0 Å². The van der Waals surface area contributed by atoms with Gasteiger partial charge in [0.25, 0.3) is 0 Å². The average molecular weight is 163 g/mol. The first kappa shape index (κ1) is 8.01. The van der Waals surface area contributed by atoms with Gasteiger partial charge in [0.1, 0.15) is 5.88 Å². The molecule has 10 heavy (non-hydrogen) atoms. The van der Waals surface area contributed by atoms with Gasteiger partial charge in [-0.25, -0.2) is 8.42 Å². The molecule has 4 heteroatoms. The van der Waals surface area contributed by atoms with E-state index in [0.717, 1.165) is 13.0 Å². The molecule has 60 valence electrons. The van der Waals surface area contributed by atoms with Gasteiger partial charge in [-0.15, -0.1) is 0 Å². The van der Waals surface area contributed by atoms with Crippen molar-refractivity contribution in [2.75, 3.05) is 18.7 Å². The van der Waals surface area contributed by atoms with Gasteiger partial charge < -0.3 is 0 Å². The fraction of sp³-hybridized carbons (Fsp3) is 1.00. The Morgan fingerprint density at radius 1 is 1.60 bits per heavy atom. The van der Waals surface area contributed by atoms with Crippen LogP contribution in [0.4, 0.5) is 0 Å². The summed E-state index contributed by atoms with van der Waals surface area (Å²) in [4.78, 5) is 1.97. The Balaban J connectivity index is 2.40. The Hall–Kier alpha value is -0.0900. The third-order valence-corrected chi connectivity index (χ3v) is 2.66. The van der Waals surface area contributed by atoms with Crippen molar-refractivity contribution < 1.29 is 8.42 Å². The highest BCUT2D eigenvalue weighted by Crippen LogP contribution is 2.16. The van der Waals surface area contributed by atoms with Crippen molar-refractivity contribution in [1.82, 2.24) is 4.90 Å². The standard InChI is InChI=1S/C6H13NO2S/c1-6-3-4-7(6)5-10(2,8)9/h6H,3-5H2,1-2H3. The van der Waals surface area contributed by atoms with Gasteiger partial charge >= 0.3 is 0 Å². The molecule has 1 aliphatic heterocycles. The minimum Gasteiger partial charge on any atom is -0.287 e. The summed E-state index contributed by atoms with van der Waals surface area (Å²) in [6, 6.07) is 0.467. The number of sulfone groups is 1. The Morgan fingerprint density at radius 3 is 2.30 bits per heavy atom. The van der Waals surface area contributed by atoms with Gasteiger partial charge in [-0.1, -0.05) is 0 Å². The highest BCUT2D eigenvalue weighted by molar-refractivity contribution is 7.90. The zero-order chi connectivity index (χ0) is 7.78. The Bertz CT molecular complexity index is 210. The van der Waals surface area contributed by atoms with E-state index >= 15 is 0 Å². The lowest BCUT2D eigenvalue weighted by atomic mass is 10.1. The second-order valence-corrected chi connectivity index (χ2v) is 5.11. The van der Waals surface area contributed by atoms with Gasteiger partial charge in [0.2, 0.25) is 0 Å². The summed E-state index contributed by atoms with van der Waals surface area (Å²) in [7, 11) is -2.79. The van der Waals surface area contributed by atoms with Crippen LogP contribution in [-0.2, 0) is 9.84 Å². The van der Waals surface area contributed by atoms with Gasteiger partial charge in [0.15, 0.2) is 9.84 Å². The molecule has 0 amide bonds. The van der Waals surface area contributed by atoms with Crippen LogP contribution in [0.25, 0.3) is 0 Å². The summed E-state index contributed by atoms with van der Waals surface area (Å²) in [5, 5.41) is 0. The van der Waals surface area contributed by atoms with Crippen LogP contribution in [0.1, 0.15) is 13.3 Å². The zero-order valence-corrected chi connectivity index (χ0v) is 7.19. The molecular weight excluding hydrogens is 150 g/mol. The van der Waals surface area contributed by atoms with Gasteiger partial charge in [-0.2, -0.15) is 0 Å². The second-order valence-electron chi connectivity index (χ2n) is 3.00. The van der Waals surface area contributed by atoms with Crippen LogP contribution >= 0.6 is 0 Å². The Kier molecular flexibility index (Phi) is 2.01. The monoisotopic (exact) mass is 163 g/mol. The van der Waals surface area contributed by atoms with E-state index in [2.05, 4.69) is 6.92 Å². The van der Waals surface area contributed by atoms with E-state index in [-0.39, 0.29) is 5.88 Å². The molecule has 0 saturated carbocycles. The molecular formula is C6H13NO2S. The number of hydrogen-bond donors (Lipinski definition) is 0. The van der Waals surface area contributed by atoms with E-state index in [9.17, 15) is 8.42 Å². The lowest BCUT2D eigenvalue weighted by molar-refractivity contribution is 0.130. The molecule has 0 bridgehead atoms. The summed E-state index contributed by atoms with van der Waals surface area (Å²) in [6.45, 7) is 2.99. The molecule has 1 heterocycles.